The number of nitrogens with zero attached hydrogens (tertiary/aromatic N) is 3. The quantitative estimate of drug-likeness (QED) is 0.869. The van der Waals surface area contributed by atoms with Crippen LogP contribution in [0.3, 0.4) is 0 Å². The van der Waals surface area contributed by atoms with E-state index in [1.54, 1.807) is 0 Å². The maximum Gasteiger partial charge on any atom is 0.317 e. The number of amides is 2. The second-order valence-electron chi connectivity index (χ2n) is 6.93. The number of carbonyl (C=O) groups is 1. The Morgan fingerprint density at radius 2 is 1.56 bits per heavy atom. The molecule has 6 nitrogen and oxygen atoms in total. The zero-order valence-corrected chi connectivity index (χ0v) is 15.2. The summed E-state index contributed by atoms with van der Waals surface area (Å²) < 4.78 is 5.39. The zero-order valence-electron chi connectivity index (χ0n) is 15.2. The van der Waals surface area contributed by atoms with Gasteiger partial charge in [-0.1, -0.05) is 29.8 Å². The Hall–Kier alpha value is -1.63. The second kappa shape index (κ2) is 9.17. The summed E-state index contributed by atoms with van der Waals surface area (Å²) in [6.07, 6.45) is 0. The highest BCUT2D eigenvalue weighted by Gasteiger charge is 2.21. The van der Waals surface area contributed by atoms with Gasteiger partial charge in [-0.05, 0) is 12.5 Å². The SMILES string of the molecule is Cc1ccc(CNC(=O)N2CCN(CCN3CCOCC3)CC2)cc1. The number of urea groups is 1. The third kappa shape index (κ3) is 5.70. The van der Waals surface area contributed by atoms with Crippen molar-refractivity contribution in [2.24, 2.45) is 0 Å². The van der Waals surface area contributed by atoms with Crippen LogP contribution in [0.2, 0.25) is 0 Å². The van der Waals surface area contributed by atoms with Crippen molar-refractivity contribution >= 4 is 6.03 Å². The molecular weight excluding hydrogens is 316 g/mol. The fourth-order valence-electron chi connectivity index (χ4n) is 3.28. The first-order chi connectivity index (χ1) is 12.2. The van der Waals surface area contributed by atoms with Crippen molar-refractivity contribution in [1.29, 1.82) is 0 Å². The van der Waals surface area contributed by atoms with Crippen LogP contribution < -0.4 is 5.32 Å². The number of ether oxygens (including phenoxy) is 1. The fraction of sp³-hybridized carbons (Fsp3) is 0.632. The third-order valence-electron chi connectivity index (χ3n) is 5.06. The molecule has 2 aliphatic rings. The van der Waals surface area contributed by atoms with Crippen molar-refractivity contribution in [2.45, 2.75) is 13.5 Å². The summed E-state index contributed by atoms with van der Waals surface area (Å²) in [4.78, 5) is 19.2. The molecule has 1 aromatic rings. The van der Waals surface area contributed by atoms with Crippen LogP contribution >= 0.6 is 0 Å². The molecule has 0 atom stereocenters. The highest BCUT2D eigenvalue weighted by atomic mass is 16.5. The molecule has 6 heteroatoms. The molecule has 1 aromatic carbocycles. The summed E-state index contributed by atoms with van der Waals surface area (Å²) in [5.74, 6) is 0. The number of benzene rings is 1. The highest BCUT2D eigenvalue weighted by Crippen LogP contribution is 2.06. The smallest absolute Gasteiger partial charge is 0.317 e. The molecule has 0 radical (unpaired) electrons. The van der Waals surface area contributed by atoms with E-state index in [2.05, 4.69) is 46.3 Å². The summed E-state index contributed by atoms with van der Waals surface area (Å²) in [5.41, 5.74) is 2.38. The van der Waals surface area contributed by atoms with E-state index in [0.717, 1.165) is 71.1 Å². The Morgan fingerprint density at radius 1 is 0.960 bits per heavy atom. The van der Waals surface area contributed by atoms with Crippen molar-refractivity contribution in [2.75, 3.05) is 65.6 Å². The van der Waals surface area contributed by atoms with E-state index in [4.69, 9.17) is 4.74 Å². The third-order valence-corrected chi connectivity index (χ3v) is 5.06. The van der Waals surface area contributed by atoms with Crippen LogP contribution in [0.4, 0.5) is 4.79 Å². The first-order valence-corrected chi connectivity index (χ1v) is 9.31. The molecule has 2 aliphatic heterocycles. The molecule has 0 unspecified atom stereocenters. The van der Waals surface area contributed by atoms with E-state index in [1.807, 2.05) is 4.90 Å². The lowest BCUT2D eigenvalue weighted by Crippen LogP contribution is -2.53. The topological polar surface area (TPSA) is 48.1 Å². The van der Waals surface area contributed by atoms with Gasteiger partial charge in [0.25, 0.3) is 0 Å². The van der Waals surface area contributed by atoms with E-state index < -0.39 is 0 Å². The predicted octanol–water partition coefficient (Wildman–Crippen LogP) is 1.15. The van der Waals surface area contributed by atoms with Gasteiger partial charge in [0.1, 0.15) is 0 Å². The van der Waals surface area contributed by atoms with Crippen molar-refractivity contribution in [3.05, 3.63) is 35.4 Å². The molecule has 0 bridgehead atoms. The maximum absolute atomic E-state index is 12.3. The largest absolute Gasteiger partial charge is 0.379 e. The minimum Gasteiger partial charge on any atom is -0.379 e. The van der Waals surface area contributed by atoms with E-state index in [1.165, 1.54) is 5.56 Å². The van der Waals surface area contributed by atoms with E-state index in [-0.39, 0.29) is 6.03 Å². The van der Waals surface area contributed by atoms with Crippen molar-refractivity contribution in [3.8, 4) is 0 Å². The molecular formula is C19H30N4O2. The number of nitrogens with one attached hydrogen (secondary N) is 1. The van der Waals surface area contributed by atoms with Crippen molar-refractivity contribution in [3.63, 3.8) is 0 Å². The Morgan fingerprint density at radius 3 is 2.20 bits per heavy atom. The number of hydrogen-bond donors (Lipinski definition) is 1. The molecule has 2 saturated heterocycles. The van der Waals surface area contributed by atoms with Crippen LogP contribution in [0.15, 0.2) is 24.3 Å². The zero-order chi connectivity index (χ0) is 17.5. The molecule has 1 N–H and O–H groups in total. The summed E-state index contributed by atoms with van der Waals surface area (Å²) in [6, 6.07) is 8.34. The van der Waals surface area contributed by atoms with Gasteiger partial charge in [0.15, 0.2) is 0 Å². The Balaban J connectivity index is 1.33. The average molecular weight is 346 g/mol. The molecule has 25 heavy (non-hydrogen) atoms. The minimum atomic E-state index is 0.0494. The maximum atomic E-state index is 12.3. The van der Waals surface area contributed by atoms with E-state index in [0.29, 0.717) is 6.54 Å². The minimum absolute atomic E-state index is 0.0494. The number of hydrogen-bond acceptors (Lipinski definition) is 4. The van der Waals surface area contributed by atoms with Gasteiger partial charge >= 0.3 is 6.03 Å². The van der Waals surface area contributed by atoms with Gasteiger partial charge in [-0.25, -0.2) is 4.79 Å². The van der Waals surface area contributed by atoms with Gasteiger partial charge in [-0.15, -0.1) is 0 Å². The lowest BCUT2D eigenvalue weighted by molar-refractivity contribution is 0.0309. The number of carbonyl (C=O) groups excluding carboxylic acids is 1. The summed E-state index contributed by atoms with van der Waals surface area (Å²) in [7, 11) is 0. The molecule has 2 heterocycles. The Labute approximate surface area is 150 Å². The first kappa shape index (κ1) is 18.2. The molecule has 2 fully saturated rings. The van der Waals surface area contributed by atoms with Crippen LogP contribution in [0.25, 0.3) is 0 Å². The number of aryl methyl sites for hydroxylation is 1. The number of piperazine rings is 1. The predicted molar refractivity (Wildman–Crippen MR) is 98.7 cm³/mol. The summed E-state index contributed by atoms with van der Waals surface area (Å²) in [6.45, 7) is 12.2. The highest BCUT2D eigenvalue weighted by molar-refractivity contribution is 5.74. The van der Waals surface area contributed by atoms with Crippen LogP contribution in [-0.2, 0) is 11.3 Å². The van der Waals surface area contributed by atoms with Crippen molar-refractivity contribution < 1.29 is 9.53 Å². The van der Waals surface area contributed by atoms with Gasteiger partial charge in [-0.2, -0.15) is 0 Å². The second-order valence-corrected chi connectivity index (χ2v) is 6.93. The van der Waals surface area contributed by atoms with Crippen LogP contribution in [0, 0.1) is 6.92 Å². The van der Waals surface area contributed by atoms with E-state index in [9.17, 15) is 4.79 Å². The van der Waals surface area contributed by atoms with Crippen LogP contribution in [0.1, 0.15) is 11.1 Å². The molecule has 3 rings (SSSR count). The Bertz CT molecular complexity index is 535. The van der Waals surface area contributed by atoms with Gasteiger partial charge in [0.05, 0.1) is 13.2 Å². The summed E-state index contributed by atoms with van der Waals surface area (Å²) in [5, 5.41) is 3.03. The molecule has 0 aliphatic carbocycles. The van der Waals surface area contributed by atoms with E-state index >= 15 is 0 Å². The van der Waals surface area contributed by atoms with Gasteiger partial charge < -0.3 is 15.0 Å². The first-order valence-electron chi connectivity index (χ1n) is 9.31. The molecule has 138 valence electrons. The molecule has 0 saturated carbocycles. The number of morpholine rings is 1. The number of rotatable bonds is 5. The lowest BCUT2D eigenvalue weighted by atomic mass is 10.1. The van der Waals surface area contributed by atoms with Crippen LogP contribution in [0.5, 0.6) is 0 Å². The molecule has 0 aromatic heterocycles. The van der Waals surface area contributed by atoms with Gasteiger partial charge in [0.2, 0.25) is 0 Å². The molecule has 0 spiro atoms. The standard InChI is InChI=1S/C19H30N4O2/c1-17-2-4-18(5-3-17)16-20-19(24)23-10-8-21(9-11-23)6-7-22-12-14-25-15-13-22/h2-5H,6-16H2,1H3,(H,20,24). The average Bonchev–Trinajstić information content (AvgIpc) is 2.67. The lowest BCUT2D eigenvalue weighted by Gasteiger charge is -2.36. The molecule has 2 amide bonds. The normalized spacial score (nSPS) is 19.8. The fourth-order valence-corrected chi connectivity index (χ4v) is 3.28. The Kier molecular flexibility index (Phi) is 6.67. The monoisotopic (exact) mass is 346 g/mol. The van der Waals surface area contributed by atoms with Crippen molar-refractivity contribution in [1.82, 2.24) is 20.0 Å². The van der Waals surface area contributed by atoms with Gasteiger partial charge in [0, 0.05) is 58.9 Å². The summed E-state index contributed by atoms with van der Waals surface area (Å²) >= 11 is 0. The van der Waals surface area contributed by atoms with Crippen LogP contribution in [-0.4, -0.2) is 86.3 Å². The van der Waals surface area contributed by atoms with Gasteiger partial charge in [-0.3, -0.25) is 9.80 Å².